The van der Waals surface area contributed by atoms with Crippen LogP contribution in [0.4, 0.5) is 10.1 Å². The van der Waals surface area contributed by atoms with Crippen molar-refractivity contribution in [3.63, 3.8) is 0 Å². The second-order valence-electron chi connectivity index (χ2n) is 3.17. The Kier molecular flexibility index (Phi) is 3.44. The smallest absolute Gasteiger partial charge is 0.332 e. The first-order valence-corrected chi connectivity index (χ1v) is 4.42. The molecule has 0 bridgehead atoms. The number of benzene rings is 1. The Hall–Kier alpha value is -1.84. The molecule has 0 fully saturated rings. The molecule has 0 heterocycles. The van der Waals surface area contributed by atoms with E-state index in [1.807, 2.05) is 0 Å². The van der Waals surface area contributed by atoms with Crippen LogP contribution in [0.15, 0.2) is 30.4 Å². The lowest BCUT2D eigenvalue weighted by Crippen LogP contribution is -2.12. The quantitative estimate of drug-likeness (QED) is 0.747. The zero-order valence-electron chi connectivity index (χ0n) is 8.38. The molecular weight excluding hydrogens is 197 g/mol. The topological polar surface area (TPSA) is 49.3 Å². The zero-order chi connectivity index (χ0) is 11.4. The van der Waals surface area contributed by atoms with Gasteiger partial charge in [0, 0.05) is 23.4 Å². The van der Waals surface area contributed by atoms with Crippen molar-refractivity contribution >= 4 is 11.7 Å². The number of anilines is 1. The molecular formula is C11H12FNO2. The zero-order valence-corrected chi connectivity index (χ0v) is 8.38. The number of aliphatic carboxylic acids is 1. The molecule has 0 aliphatic heterocycles. The van der Waals surface area contributed by atoms with E-state index in [9.17, 15) is 9.18 Å². The predicted molar refractivity (Wildman–Crippen MR) is 56.4 cm³/mol. The van der Waals surface area contributed by atoms with Gasteiger partial charge in [-0.05, 0) is 19.1 Å². The molecule has 0 aliphatic carbocycles. The maximum absolute atomic E-state index is 13.1. The number of carboxylic acids is 1. The molecule has 1 rings (SSSR count). The van der Waals surface area contributed by atoms with Crippen molar-refractivity contribution in [1.29, 1.82) is 0 Å². The molecule has 0 saturated carbocycles. The van der Waals surface area contributed by atoms with Gasteiger partial charge in [-0.3, -0.25) is 0 Å². The van der Waals surface area contributed by atoms with Crippen LogP contribution in [0, 0.1) is 12.7 Å². The van der Waals surface area contributed by atoms with Crippen molar-refractivity contribution in [3.05, 3.63) is 41.7 Å². The van der Waals surface area contributed by atoms with Gasteiger partial charge in [0.05, 0.1) is 0 Å². The summed E-state index contributed by atoms with van der Waals surface area (Å²) >= 11 is 0. The number of nitrogens with one attached hydrogen (secondary N) is 1. The van der Waals surface area contributed by atoms with Crippen LogP contribution in [0.3, 0.4) is 0 Å². The number of hydrogen-bond donors (Lipinski definition) is 2. The molecule has 0 atom stereocenters. The number of carboxylic acid groups (broad SMARTS) is 1. The third-order valence-electron chi connectivity index (χ3n) is 2.06. The summed E-state index contributed by atoms with van der Waals surface area (Å²) in [6.07, 6.45) is 0. The van der Waals surface area contributed by atoms with E-state index in [1.165, 1.54) is 6.07 Å². The minimum atomic E-state index is -1.06. The minimum absolute atomic E-state index is 0.0404. The van der Waals surface area contributed by atoms with Gasteiger partial charge in [-0.15, -0.1) is 0 Å². The van der Waals surface area contributed by atoms with Gasteiger partial charge in [0.25, 0.3) is 0 Å². The maximum Gasteiger partial charge on any atom is 0.332 e. The molecule has 0 saturated heterocycles. The lowest BCUT2D eigenvalue weighted by molar-refractivity contribution is -0.132. The first-order valence-electron chi connectivity index (χ1n) is 4.42. The van der Waals surface area contributed by atoms with E-state index < -0.39 is 5.97 Å². The molecule has 4 heteroatoms. The molecule has 0 aromatic heterocycles. The summed E-state index contributed by atoms with van der Waals surface area (Å²) in [5.41, 5.74) is 1.09. The number of halogens is 1. The normalized spacial score (nSPS) is 9.73. The molecule has 0 amide bonds. The van der Waals surface area contributed by atoms with Gasteiger partial charge in [0.15, 0.2) is 0 Å². The molecule has 15 heavy (non-hydrogen) atoms. The van der Waals surface area contributed by atoms with Gasteiger partial charge in [0.2, 0.25) is 0 Å². The average molecular weight is 209 g/mol. The summed E-state index contributed by atoms with van der Waals surface area (Å²) in [6.45, 7) is 5.09. The van der Waals surface area contributed by atoms with E-state index >= 15 is 0 Å². The Labute approximate surface area is 87.2 Å². The second-order valence-corrected chi connectivity index (χ2v) is 3.17. The number of hydrogen-bond acceptors (Lipinski definition) is 2. The maximum atomic E-state index is 13.1. The summed E-state index contributed by atoms with van der Waals surface area (Å²) in [7, 11) is 0. The first-order chi connectivity index (χ1) is 7.02. The van der Waals surface area contributed by atoms with Crippen LogP contribution in [0.2, 0.25) is 0 Å². The highest BCUT2D eigenvalue weighted by Crippen LogP contribution is 2.17. The fourth-order valence-corrected chi connectivity index (χ4v) is 1.08. The van der Waals surface area contributed by atoms with E-state index in [0.717, 1.165) is 0 Å². The van der Waals surface area contributed by atoms with Gasteiger partial charge < -0.3 is 10.4 Å². The van der Waals surface area contributed by atoms with E-state index in [4.69, 9.17) is 5.11 Å². The highest BCUT2D eigenvalue weighted by atomic mass is 19.1. The van der Waals surface area contributed by atoms with Crippen molar-refractivity contribution in [3.8, 4) is 0 Å². The molecule has 0 unspecified atom stereocenters. The number of carbonyl (C=O) groups is 1. The van der Waals surface area contributed by atoms with Crippen LogP contribution < -0.4 is 5.32 Å². The van der Waals surface area contributed by atoms with Gasteiger partial charge in [-0.25, -0.2) is 9.18 Å². The summed E-state index contributed by atoms with van der Waals surface area (Å²) in [4.78, 5) is 10.5. The third-order valence-corrected chi connectivity index (χ3v) is 2.06. The van der Waals surface area contributed by atoms with Crippen LogP contribution in [-0.2, 0) is 4.79 Å². The Morgan fingerprint density at radius 3 is 2.87 bits per heavy atom. The molecule has 0 aliphatic rings. The first kappa shape index (κ1) is 11.2. The SMILES string of the molecule is C=C(CNc1cccc(F)c1C)C(=O)O. The molecule has 1 aromatic carbocycles. The summed E-state index contributed by atoms with van der Waals surface area (Å²) in [5, 5.41) is 11.4. The second kappa shape index (κ2) is 4.59. The van der Waals surface area contributed by atoms with E-state index in [1.54, 1.807) is 19.1 Å². The number of rotatable bonds is 4. The Balaban J connectivity index is 2.70. The van der Waals surface area contributed by atoms with E-state index in [0.29, 0.717) is 11.3 Å². The molecule has 0 radical (unpaired) electrons. The molecule has 3 nitrogen and oxygen atoms in total. The lowest BCUT2D eigenvalue weighted by atomic mass is 10.2. The molecule has 2 N–H and O–H groups in total. The van der Waals surface area contributed by atoms with Gasteiger partial charge >= 0.3 is 5.97 Å². The van der Waals surface area contributed by atoms with E-state index in [-0.39, 0.29) is 17.9 Å². The van der Waals surface area contributed by atoms with Gasteiger partial charge in [-0.1, -0.05) is 12.6 Å². The van der Waals surface area contributed by atoms with Crippen LogP contribution in [-0.4, -0.2) is 17.6 Å². The fraction of sp³-hybridized carbons (Fsp3) is 0.182. The Morgan fingerprint density at radius 2 is 2.27 bits per heavy atom. The van der Waals surface area contributed by atoms with Crippen LogP contribution in [0.25, 0.3) is 0 Å². The highest BCUT2D eigenvalue weighted by molar-refractivity contribution is 5.86. The molecule has 0 spiro atoms. The van der Waals surface area contributed by atoms with Crippen molar-refractivity contribution in [1.82, 2.24) is 0 Å². The molecule has 80 valence electrons. The largest absolute Gasteiger partial charge is 0.478 e. The van der Waals surface area contributed by atoms with Crippen molar-refractivity contribution < 1.29 is 14.3 Å². The summed E-state index contributed by atoms with van der Waals surface area (Å²) < 4.78 is 13.1. The average Bonchev–Trinajstić information content (AvgIpc) is 2.19. The minimum Gasteiger partial charge on any atom is -0.478 e. The van der Waals surface area contributed by atoms with E-state index in [2.05, 4.69) is 11.9 Å². The Bertz CT molecular complexity index is 402. The standard InChI is InChI=1S/C11H12FNO2/c1-7(11(14)15)6-13-10-5-3-4-9(12)8(10)2/h3-5,13H,1,6H2,2H3,(H,14,15). The van der Waals surface area contributed by atoms with Crippen molar-refractivity contribution in [2.45, 2.75) is 6.92 Å². The van der Waals surface area contributed by atoms with Gasteiger partial charge in [-0.2, -0.15) is 0 Å². The predicted octanol–water partition coefficient (Wildman–Crippen LogP) is 2.19. The van der Waals surface area contributed by atoms with Crippen molar-refractivity contribution in [2.24, 2.45) is 0 Å². The van der Waals surface area contributed by atoms with Gasteiger partial charge in [0.1, 0.15) is 5.82 Å². The Morgan fingerprint density at radius 1 is 1.60 bits per heavy atom. The summed E-state index contributed by atoms with van der Waals surface area (Å²) in [6, 6.07) is 4.61. The fourth-order valence-electron chi connectivity index (χ4n) is 1.08. The van der Waals surface area contributed by atoms with Crippen LogP contribution in [0.5, 0.6) is 0 Å². The molecule has 1 aromatic rings. The highest BCUT2D eigenvalue weighted by Gasteiger charge is 2.06. The monoisotopic (exact) mass is 209 g/mol. The van der Waals surface area contributed by atoms with Crippen LogP contribution in [0.1, 0.15) is 5.56 Å². The van der Waals surface area contributed by atoms with Crippen molar-refractivity contribution in [2.75, 3.05) is 11.9 Å². The van der Waals surface area contributed by atoms with Crippen LogP contribution >= 0.6 is 0 Å². The summed E-state index contributed by atoms with van der Waals surface area (Å²) in [5.74, 6) is -1.38. The third kappa shape index (κ3) is 2.80. The lowest BCUT2D eigenvalue weighted by Gasteiger charge is -2.09.